The molecule has 0 aliphatic heterocycles. The topological polar surface area (TPSA) is 9.23 Å². The minimum atomic E-state index is 0.616. The van der Waals surface area contributed by atoms with Gasteiger partial charge in [-0.2, -0.15) is 18.2 Å². The molecular weight excluding hydrogens is 329 g/mol. The van der Waals surface area contributed by atoms with Gasteiger partial charge in [0.2, 0.25) is 0 Å². The van der Waals surface area contributed by atoms with Gasteiger partial charge in [0, 0.05) is 5.75 Å². The van der Waals surface area contributed by atoms with Crippen molar-refractivity contribution in [1.29, 1.82) is 0 Å². The fraction of sp³-hybridized carbons (Fsp3) is 0.143. The molecule has 0 atom stereocenters. The summed E-state index contributed by atoms with van der Waals surface area (Å²) in [5, 5.41) is 0. The number of halogens is 1. The van der Waals surface area contributed by atoms with E-state index >= 15 is 0 Å². The Kier molecular flexibility index (Phi) is 7.15. The van der Waals surface area contributed by atoms with Crippen molar-refractivity contribution in [2.24, 2.45) is 0 Å². The van der Waals surface area contributed by atoms with E-state index in [9.17, 15) is 0 Å². The van der Waals surface area contributed by atoms with Gasteiger partial charge in [0.15, 0.2) is 0 Å². The Bertz CT molecular complexity index is 431. The first-order chi connectivity index (χ1) is 8.36. The van der Waals surface area contributed by atoms with Crippen LogP contribution in [0.25, 0.3) is 0 Å². The number of hydrogen-bond acceptors (Lipinski definition) is 1. The summed E-state index contributed by atoms with van der Waals surface area (Å²) in [6.07, 6.45) is 0. The molecule has 0 amide bonds. The molecule has 2 aromatic rings. The van der Waals surface area contributed by atoms with E-state index in [4.69, 9.17) is 4.74 Å². The van der Waals surface area contributed by atoms with Crippen LogP contribution < -0.4 is 4.74 Å². The molecule has 84 valence electrons. The summed E-state index contributed by atoms with van der Waals surface area (Å²) in [5.74, 6) is 0.862. The van der Waals surface area contributed by atoms with Crippen molar-refractivity contribution in [2.45, 2.75) is 13.5 Å². The first kappa shape index (κ1) is 14.4. The van der Waals surface area contributed by atoms with Crippen molar-refractivity contribution in [3.8, 4) is 5.75 Å². The molecule has 0 heterocycles. The predicted molar refractivity (Wildman–Crippen MR) is 69.7 cm³/mol. The Balaban J connectivity index is 0.000000686. The van der Waals surface area contributed by atoms with Gasteiger partial charge in [-0.1, -0.05) is 24.3 Å². The van der Waals surface area contributed by atoms with Gasteiger partial charge in [-0.25, -0.2) is 0 Å². The molecule has 1 nitrogen and oxygen atoms in total. The second kappa shape index (κ2) is 8.44. The SMILES string of the molecule is Cc1ccccc1COc1c[c-]ccc1.[Zn+][Br]. The molecular formula is C14H13BrOZn. The average Bonchev–Trinajstić information content (AvgIpc) is 2.41. The monoisotopic (exact) mass is 340 g/mol. The van der Waals surface area contributed by atoms with Gasteiger partial charge in [0.1, 0.15) is 0 Å². The fourth-order valence-corrected chi connectivity index (χ4v) is 1.40. The Labute approximate surface area is 119 Å². The molecule has 0 unspecified atom stereocenters. The average molecular weight is 343 g/mol. The maximum atomic E-state index is 5.64. The van der Waals surface area contributed by atoms with Crippen molar-refractivity contribution in [1.82, 2.24) is 0 Å². The van der Waals surface area contributed by atoms with Crippen LogP contribution in [0.5, 0.6) is 5.75 Å². The number of rotatable bonds is 3. The number of aryl methyl sites for hydroxylation is 1. The van der Waals surface area contributed by atoms with Crippen molar-refractivity contribution >= 4 is 13.6 Å². The summed E-state index contributed by atoms with van der Waals surface area (Å²) in [6, 6.07) is 18.8. The first-order valence-electron chi connectivity index (χ1n) is 5.26. The van der Waals surface area contributed by atoms with Crippen LogP contribution >= 0.6 is 13.6 Å². The van der Waals surface area contributed by atoms with Crippen LogP contribution in [0.15, 0.2) is 48.5 Å². The molecule has 2 rings (SSSR count). The fourth-order valence-electron chi connectivity index (χ4n) is 1.40. The van der Waals surface area contributed by atoms with E-state index in [0.29, 0.717) is 6.61 Å². The normalized spacial score (nSPS) is 9.18. The number of ether oxygens (including phenoxy) is 1. The van der Waals surface area contributed by atoms with E-state index < -0.39 is 0 Å². The molecule has 0 aliphatic carbocycles. The minimum absolute atomic E-state index is 0.616. The predicted octanol–water partition coefficient (Wildman–Crippen LogP) is 4.22. The van der Waals surface area contributed by atoms with Crippen LogP contribution in [0.3, 0.4) is 0 Å². The Morgan fingerprint density at radius 2 is 1.94 bits per heavy atom. The summed E-state index contributed by atoms with van der Waals surface area (Å²) in [7, 11) is 0. The Hall–Kier alpha value is -0.657. The molecule has 0 saturated heterocycles. The standard InChI is InChI=1S/C14H13O.BrH.Zn/c1-12-7-5-6-8-13(12)11-15-14-9-3-2-4-10-14;;/h2-3,5-10H,11H2,1H3;1H;/q-1;;+2/p-1. The van der Waals surface area contributed by atoms with E-state index in [-0.39, 0.29) is 0 Å². The quantitative estimate of drug-likeness (QED) is 0.599. The van der Waals surface area contributed by atoms with Gasteiger partial charge in [0.05, 0.1) is 6.61 Å². The third kappa shape index (κ3) is 5.01. The molecule has 0 N–H and O–H groups in total. The van der Waals surface area contributed by atoms with Crippen LogP contribution in [0.2, 0.25) is 0 Å². The molecule has 2 aromatic carbocycles. The summed E-state index contributed by atoms with van der Waals surface area (Å²) < 4.78 is 5.64. The van der Waals surface area contributed by atoms with Crippen LogP contribution in [-0.4, -0.2) is 0 Å². The zero-order valence-electron chi connectivity index (χ0n) is 9.82. The van der Waals surface area contributed by atoms with Crippen molar-refractivity contribution in [3.05, 3.63) is 65.7 Å². The summed E-state index contributed by atoms with van der Waals surface area (Å²) in [4.78, 5) is 0. The summed E-state index contributed by atoms with van der Waals surface area (Å²) >= 11 is 4.25. The van der Waals surface area contributed by atoms with E-state index in [1.807, 2.05) is 36.4 Å². The first-order valence-corrected chi connectivity index (χ1v) is 12.2. The van der Waals surface area contributed by atoms with Crippen molar-refractivity contribution < 1.29 is 21.1 Å². The van der Waals surface area contributed by atoms with Gasteiger partial charge >= 0.3 is 30.0 Å². The van der Waals surface area contributed by atoms with Gasteiger partial charge in [-0.3, -0.25) is 0 Å². The van der Waals surface area contributed by atoms with Gasteiger partial charge < -0.3 is 4.74 Å². The molecule has 0 saturated carbocycles. The van der Waals surface area contributed by atoms with Gasteiger partial charge in [0.25, 0.3) is 0 Å². The zero-order valence-corrected chi connectivity index (χ0v) is 14.4. The molecule has 3 heteroatoms. The van der Waals surface area contributed by atoms with Crippen molar-refractivity contribution in [3.63, 3.8) is 0 Å². The van der Waals surface area contributed by atoms with Crippen LogP contribution in [0, 0.1) is 13.0 Å². The van der Waals surface area contributed by atoms with Gasteiger partial charge in [-0.05, 0) is 18.1 Å². The molecule has 0 bridgehead atoms. The second-order valence-corrected chi connectivity index (χ2v) is 3.45. The van der Waals surface area contributed by atoms with E-state index in [2.05, 4.69) is 38.7 Å². The maximum absolute atomic E-state index is 5.64. The third-order valence-electron chi connectivity index (χ3n) is 2.33. The van der Waals surface area contributed by atoms with E-state index in [1.54, 1.807) is 0 Å². The van der Waals surface area contributed by atoms with Crippen molar-refractivity contribution in [2.75, 3.05) is 0 Å². The third-order valence-corrected chi connectivity index (χ3v) is 2.33. The zero-order chi connectivity index (χ0) is 12.5. The number of hydrogen-bond donors (Lipinski definition) is 0. The van der Waals surface area contributed by atoms with E-state index in [0.717, 1.165) is 5.75 Å². The molecule has 0 aliphatic rings. The molecule has 17 heavy (non-hydrogen) atoms. The van der Waals surface area contributed by atoms with Crippen LogP contribution in [-0.2, 0) is 22.9 Å². The van der Waals surface area contributed by atoms with Crippen LogP contribution in [0.4, 0.5) is 0 Å². The second-order valence-electron chi connectivity index (χ2n) is 3.45. The number of benzene rings is 2. The summed E-state index contributed by atoms with van der Waals surface area (Å²) in [6.45, 7) is 2.71. The molecule has 0 radical (unpaired) electrons. The Morgan fingerprint density at radius 1 is 1.18 bits per heavy atom. The molecule has 0 aromatic heterocycles. The van der Waals surface area contributed by atoms with E-state index in [1.165, 1.54) is 27.5 Å². The van der Waals surface area contributed by atoms with Gasteiger partial charge in [-0.15, -0.1) is 12.1 Å². The Morgan fingerprint density at radius 3 is 2.59 bits per heavy atom. The summed E-state index contributed by atoms with van der Waals surface area (Å²) in [5.41, 5.74) is 2.48. The molecule has 0 fully saturated rings. The molecule has 0 spiro atoms. The van der Waals surface area contributed by atoms with Crippen LogP contribution in [0.1, 0.15) is 11.1 Å².